The minimum absolute atomic E-state index is 0.209. The summed E-state index contributed by atoms with van der Waals surface area (Å²) in [4.78, 5) is 27.8. The Labute approximate surface area is 127 Å². The fraction of sp³-hybridized carbons (Fsp3) is 0.467. The molecule has 1 heterocycles. The Hall–Kier alpha value is -2.00. The first-order valence-electron chi connectivity index (χ1n) is 6.76. The first-order valence-corrected chi connectivity index (χ1v) is 7.64. The van der Waals surface area contributed by atoms with Crippen molar-refractivity contribution in [2.45, 2.75) is 32.1 Å². The van der Waals surface area contributed by atoms with Crippen molar-refractivity contribution in [2.75, 3.05) is 6.61 Å². The highest BCUT2D eigenvalue weighted by atomic mass is 32.1. The van der Waals surface area contributed by atoms with Gasteiger partial charge >= 0.3 is 5.97 Å². The molecule has 0 radical (unpaired) electrons. The van der Waals surface area contributed by atoms with Crippen LogP contribution in [0, 0.1) is 24.2 Å². The van der Waals surface area contributed by atoms with Crippen molar-refractivity contribution in [3.8, 4) is 6.07 Å². The molecule has 5 nitrogen and oxygen atoms in total. The number of allylic oxidation sites excluding steroid dienone is 2. The molecule has 1 aromatic heterocycles. The van der Waals surface area contributed by atoms with E-state index in [0.29, 0.717) is 5.01 Å². The Kier molecular flexibility index (Phi) is 5.23. The van der Waals surface area contributed by atoms with Crippen molar-refractivity contribution in [1.29, 1.82) is 5.26 Å². The number of ether oxygens (including phenoxy) is 1. The van der Waals surface area contributed by atoms with Crippen LogP contribution in [0.4, 0.5) is 0 Å². The maximum atomic E-state index is 12.0. The second-order valence-electron chi connectivity index (χ2n) is 4.99. The smallest absolute Gasteiger partial charge is 0.306 e. The fourth-order valence-electron chi connectivity index (χ4n) is 2.14. The predicted molar refractivity (Wildman–Crippen MR) is 77.7 cm³/mol. The van der Waals surface area contributed by atoms with E-state index in [1.807, 2.05) is 18.2 Å². The van der Waals surface area contributed by atoms with Gasteiger partial charge in [-0.15, -0.1) is 11.3 Å². The number of nitriles is 1. The first-order chi connectivity index (χ1) is 10.1. The quantitative estimate of drug-likeness (QED) is 0.596. The van der Waals surface area contributed by atoms with Crippen LogP contribution in [0.1, 0.15) is 35.9 Å². The van der Waals surface area contributed by atoms with Gasteiger partial charge in [-0.1, -0.05) is 12.2 Å². The summed E-state index contributed by atoms with van der Waals surface area (Å²) >= 11 is 1.27. The fourth-order valence-corrected chi connectivity index (χ4v) is 3.00. The summed E-state index contributed by atoms with van der Waals surface area (Å²) in [7, 11) is 0. The first kappa shape index (κ1) is 15.4. The van der Waals surface area contributed by atoms with E-state index in [4.69, 9.17) is 10.00 Å². The highest BCUT2D eigenvalue weighted by Gasteiger charge is 2.25. The van der Waals surface area contributed by atoms with Crippen LogP contribution in [0.25, 0.3) is 0 Å². The second kappa shape index (κ2) is 7.14. The summed E-state index contributed by atoms with van der Waals surface area (Å²) in [6, 6.07) is 1.92. The monoisotopic (exact) mass is 304 g/mol. The van der Waals surface area contributed by atoms with Gasteiger partial charge in [0.25, 0.3) is 0 Å². The van der Waals surface area contributed by atoms with Crippen molar-refractivity contribution in [2.24, 2.45) is 5.92 Å². The van der Waals surface area contributed by atoms with Crippen molar-refractivity contribution in [1.82, 2.24) is 4.98 Å². The Bertz CT molecular complexity index is 600. The van der Waals surface area contributed by atoms with Crippen LogP contribution in [-0.4, -0.2) is 23.3 Å². The summed E-state index contributed by atoms with van der Waals surface area (Å²) in [5, 5.41) is 11.3. The van der Waals surface area contributed by atoms with Gasteiger partial charge in [0, 0.05) is 11.1 Å². The third-order valence-corrected chi connectivity index (χ3v) is 4.28. The highest BCUT2D eigenvalue weighted by molar-refractivity contribution is 7.09. The van der Waals surface area contributed by atoms with E-state index < -0.39 is 17.7 Å². The number of aryl methyl sites for hydroxylation is 1. The van der Waals surface area contributed by atoms with Crippen LogP contribution < -0.4 is 0 Å². The van der Waals surface area contributed by atoms with Gasteiger partial charge in [0.1, 0.15) is 5.01 Å². The van der Waals surface area contributed by atoms with Crippen molar-refractivity contribution in [3.05, 3.63) is 28.2 Å². The molecule has 110 valence electrons. The van der Waals surface area contributed by atoms with Crippen molar-refractivity contribution < 1.29 is 14.3 Å². The van der Waals surface area contributed by atoms with E-state index in [2.05, 4.69) is 4.98 Å². The number of aromatic nitrogens is 1. The Morgan fingerprint density at radius 3 is 3.00 bits per heavy atom. The molecule has 0 fully saturated rings. The molecule has 1 aliphatic rings. The molecule has 2 atom stereocenters. The van der Waals surface area contributed by atoms with Crippen LogP contribution >= 0.6 is 11.3 Å². The lowest BCUT2D eigenvalue weighted by Crippen LogP contribution is -2.20. The molecule has 0 N–H and O–H groups in total. The molecule has 0 aromatic carbocycles. The minimum Gasteiger partial charge on any atom is -0.458 e. The topological polar surface area (TPSA) is 80.0 Å². The molecule has 0 amide bonds. The average molecular weight is 304 g/mol. The molecule has 0 spiro atoms. The Morgan fingerprint density at radius 2 is 2.43 bits per heavy atom. The normalized spacial score (nSPS) is 18.2. The second-order valence-corrected chi connectivity index (χ2v) is 5.88. The van der Waals surface area contributed by atoms with Crippen LogP contribution in [0.2, 0.25) is 0 Å². The summed E-state index contributed by atoms with van der Waals surface area (Å²) in [6.07, 6.45) is 6.26. The zero-order valence-corrected chi connectivity index (χ0v) is 12.6. The van der Waals surface area contributed by atoms with Gasteiger partial charge in [-0.25, -0.2) is 4.98 Å². The van der Waals surface area contributed by atoms with E-state index in [0.717, 1.165) is 18.5 Å². The summed E-state index contributed by atoms with van der Waals surface area (Å²) in [5.41, 5.74) is 0.771. The third-order valence-electron chi connectivity index (χ3n) is 3.25. The van der Waals surface area contributed by atoms with Gasteiger partial charge < -0.3 is 4.74 Å². The van der Waals surface area contributed by atoms with E-state index >= 15 is 0 Å². The third kappa shape index (κ3) is 4.23. The number of hydrogen-bond donors (Lipinski definition) is 0. The number of hydrogen-bond acceptors (Lipinski definition) is 6. The number of esters is 1. The zero-order valence-electron chi connectivity index (χ0n) is 11.7. The molecule has 6 heteroatoms. The minimum atomic E-state index is -0.956. The SMILES string of the molecule is Cc1csc([C@H](C#N)C(=O)COC(=O)C[C@H]2C=CCC2)n1. The van der Waals surface area contributed by atoms with E-state index in [1.54, 1.807) is 12.3 Å². The zero-order chi connectivity index (χ0) is 15.2. The largest absolute Gasteiger partial charge is 0.458 e. The van der Waals surface area contributed by atoms with Crippen LogP contribution in [0.15, 0.2) is 17.5 Å². The van der Waals surface area contributed by atoms with Gasteiger partial charge in [0.05, 0.1) is 12.5 Å². The lowest BCUT2D eigenvalue weighted by atomic mass is 10.1. The summed E-state index contributed by atoms with van der Waals surface area (Å²) in [6.45, 7) is 1.43. The number of thiazole rings is 1. The molecule has 0 aliphatic heterocycles. The number of Topliss-reactive ketones (excluding diaryl/α,β-unsaturated/α-hetero) is 1. The Balaban J connectivity index is 1.84. The van der Waals surface area contributed by atoms with Gasteiger partial charge in [-0.05, 0) is 25.7 Å². The van der Waals surface area contributed by atoms with Crippen LogP contribution in [-0.2, 0) is 14.3 Å². The lowest BCUT2D eigenvalue weighted by Gasteiger charge is -2.09. The van der Waals surface area contributed by atoms with E-state index in [1.165, 1.54) is 11.3 Å². The molecular formula is C15H16N2O3S. The number of nitrogens with zero attached hydrogens (tertiary/aromatic N) is 2. The average Bonchev–Trinajstić information content (AvgIpc) is 3.09. The molecule has 1 aliphatic carbocycles. The maximum absolute atomic E-state index is 12.0. The van der Waals surface area contributed by atoms with Gasteiger partial charge in [0.2, 0.25) is 0 Å². The number of carbonyl (C=O) groups excluding carboxylic acids is 2. The molecule has 0 saturated carbocycles. The molecule has 0 saturated heterocycles. The molecule has 0 unspecified atom stereocenters. The van der Waals surface area contributed by atoms with E-state index in [-0.39, 0.29) is 18.9 Å². The van der Waals surface area contributed by atoms with E-state index in [9.17, 15) is 9.59 Å². The number of rotatable bonds is 6. The lowest BCUT2D eigenvalue weighted by molar-refractivity contribution is -0.148. The molecule has 21 heavy (non-hydrogen) atoms. The van der Waals surface area contributed by atoms with Crippen LogP contribution in [0.3, 0.4) is 0 Å². The van der Waals surface area contributed by atoms with Crippen molar-refractivity contribution >= 4 is 23.1 Å². The predicted octanol–water partition coefficient (Wildman–Crippen LogP) is 2.53. The molecule has 1 aromatic rings. The number of carbonyl (C=O) groups is 2. The molecular weight excluding hydrogens is 288 g/mol. The van der Waals surface area contributed by atoms with Crippen LogP contribution in [0.5, 0.6) is 0 Å². The highest BCUT2D eigenvalue weighted by Crippen LogP contribution is 2.22. The Morgan fingerprint density at radius 1 is 1.62 bits per heavy atom. The van der Waals surface area contributed by atoms with Gasteiger partial charge in [-0.3, -0.25) is 9.59 Å². The van der Waals surface area contributed by atoms with Gasteiger partial charge in [-0.2, -0.15) is 5.26 Å². The standard InChI is InChI=1S/C15H16N2O3S/c1-10-9-21-15(17-10)12(7-16)13(18)8-20-14(19)6-11-4-2-3-5-11/h2,4,9,11-12H,3,5-6,8H2,1H3/t11-,12+/m0/s1. The van der Waals surface area contributed by atoms with Gasteiger partial charge in [0.15, 0.2) is 18.3 Å². The molecule has 2 rings (SSSR count). The summed E-state index contributed by atoms with van der Waals surface area (Å²) in [5.74, 6) is -1.57. The number of ketones is 1. The van der Waals surface area contributed by atoms with Crippen molar-refractivity contribution in [3.63, 3.8) is 0 Å². The molecule has 0 bridgehead atoms. The summed E-state index contributed by atoms with van der Waals surface area (Å²) < 4.78 is 4.98. The maximum Gasteiger partial charge on any atom is 0.306 e.